The van der Waals surface area contributed by atoms with E-state index in [0.29, 0.717) is 0 Å². The van der Waals surface area contributed by atoms with Crippen molar-refractivity contribution in [3.05, 3.63) is 10.3 Å². The summed E-state index contributed by atoms with van der Waals surface area (Å²) in [6.45, 7) is 2.38. The van der Waals surface area contributed by atoms with Crippen molar-refractivity contribution >= 4 is 15.9 Å². The molecule has 5 nitrogen and oxygen atoms in total. The molecule has 1 saturated carbocycles. The van der Waals surface area contributed by atoms with Gasteiger partial charge in [0.25, 0.3) is 0 Å². The third kappa shape index (κ3) is 2.14. The molecular weight excluding hydrogens is 306 g/mol. The SMILES string of the molecule is Cn1nnc(Br)c1C(N)C1(N2CCCC2)CCCC1. The van der Waals surface area contributed by atoms with Gasteiger partial charge in [0, 0.05) is 12.6 Å². The Morgan fingerprint density at radius 1 is 1.21 bits per heavy atom. The highest BCUT2D eigenvalue weighted by Crippen LogP contribution is 2.45. The van der Waals surface area contributed by atoms with Gasteiger partial charge in [0.2, 0.25) is 0 Å². The van der Waals surface area contributed by atoms with Crippen LogP contribution in [0.3, 0.4) is 0 Å². The number of nitrogens with two attached hydrogens (primary N) is 1. The number of aromatic nitrogens is 3. The molecule has 1 unspecified atom stereocenters. The fourth-order valence-corrected chi connectivity index (χ4v) is 4.47. The van der Waals surface area contributed by atoms with E-state index < -0.39 is 0 Å². The Bertz CT molecular complexity index is 426. The number of hydrogen-bond donors (Lipinski definition) is 1. The standard InChI is InChI=1S/C13H22BrN5/c1-18-10(12(14)16-17-18)11(15)13(6-2-3-7-13)19-8-4-5-9-19/h11H,2-9,15H2,1H3. The smallest absolute Gasteiger partial charge is 0.153 e. The molecule has 106 valence electrons. The fourth-order valence-electron chi connectivity index (χ4n) is 3.90. The second-order valence-corrected chi connectivity index (χ2v) is 6.62. The molecule has 0 amide bonds. The molecule has 0 radical (unpaired) electrons. The molecule has 2 aliphatic rings. The summed E-state index contributed by atoms with van der Waals surface area (Å²) >= 11 is 3.50. The molecule has 3 rings (SSSR count). The van der Waals surface area contributed by atoms with Gasteiger partial charge in [-0.1, -0.05) is 18.1 Å². The average Bonchev–Trinajstić information content (AvgIpc) is 3.09. The van der Waals surface area contributed by atoms with E-state index in [-0.39, 0.29) is 11.6 Å². The molecule has 1 aliphatic heterocycles. The van der Waals surface area contributed by atoms with Crippen LogP contribution in [0.2, 0.25) is 0 Å². The number of aryl methyl sites for hydroxylation is 1. The van der Waals surface area contributed by atoms with Crippen molar-refractivity contribution in [2.45, 2.75) is 50.1 Å². The largest absolute Gasteiger partial charge is 0.321 e. The number of nitrogens with zero attached hydrogens (tertiary/aromatic N) is 4. The summed E-state index contributed by atoms with van der Waals surface area (Å²) < 4.78 is 2.62. The lowest BCUT2D eigenvalue weighted by Crippen LogP contribution is -2.53. The Morgan fingerprint density at radius 2 is 1.84 bits per heavy atom. The molecule has 2 heterocycles. The molecule has 19 heavy (non-hydrogen) atoms. The predicted octanol–water partition coefficient (Wildman–Crippen LogP) is 1.99. The van der Waals surface area contributed by atoms with Crippen molar-refractivity contribution in [1.29, 1.82) is 0 Å². The van der Waals surface area contributed by atoms with Crippen LogP contribution in [-0.4, -0.2) is 38.5 Å². The van der Waals surface area contributed by atoms with Crippen LogP contribution < -0.4 is 5.73 Å². The van der Waals surface area contributed by atoms with Crippen LogP contribution >= 0.6 is 15.9 Å². The summed E-state index contributed by atoms with van der Waals surface area (Å²) in [6, 6.07) is -0.0116. The van der Waals surface area contributed by atoms with Crippen LogP contribution in [0.15, 0.2) is 4.60 Å². The molecule has 6 heteroatoms. The molecule has 2 fully saturated rings. The Morgan fingerprint density at radius 3 is 2.37 bits per heavy atom. The molecular formula is C13H22BrN5. The number of rotatable bonds is 3. The summed E-state index contributed by atoms with van der Waals surface area (Å²) in [6.07, 6.45) is 7.58. The number of likely N-dealkylation sites (tertiary alicyclic amines) is 1. The van der Waals surface area contributed by atoms with Crippen LogP contribution in [0.5, 0.6) is 0 Å². The van der Waals surface area contributed by atoms with Gasteiger partial charge in [0.15, 0.2) is 4.60 Å². The first-order valence-electron chi connectivity index (χ1n) is 7.21. The lowest BCUT2D eigenvalue weighted by atomic mass is 9.85. The van der Waals surface area contributed by atoms with Gasteiger partial charge in [-0.15, -0.1) is 5.10 Å². The first kappa shape index (κ1) is 13.5. The van der Waals surface area contributed by atoms with Gasteiger partial charge >= 0.3 is 0 Å². The van der Waals surface area contributed by atoms with Crippen LogP contribution in [0, 0.1) is 0 Å². The van der Waals surface area contributed by atoms with Crippen LogP contribution in [0.4, 0.5) is 0 Å². The first-order chi connectivity index (χ1) is 9.15. The summed E-state index contributed by atoms with van der Waals surface area (Å²) in [4.78, 5) is 2.63. The van der Waals surface area contributed by atoms with Gasteiger partial charge in [-0.3, -0.25) is 4.90 Å². The Labute approximate surface area is 122 Å². The Kier molecular flexibility index (Phi) is 3.66. The molecule has 0 bridgehead atoms. The molecule has 1 aliphatic carbocycles. The fraction of sp³-hybridized carbons (Fsp3) is 0.846. The minimum Gasteiger partial charge on any atom is -0.321 e. The van der Waals surface area contributed by atoms with E-state index in [1.165, 1.54) is 51.6 Å². The minimum atomic E-state index is -0.0116. The highest BCUT2D eigenvalue weighted by Gasteiger charge is 2.47. The van der Waals surface area contributed by atoms with Crippen molar-refractivity contribution in [2.75, 3.05) is 13.1 Å². The van der Waals surface area contributed by atoms with E-state index in [2.05, 4.69) is 31.1 Å². The van der Waals surface area contributed by atoms with Crippen molar-refractivity contribution in [3.63, 3.8) is 0 Å². The van der Waals surface area contributed by atoms with Gasteiger partial charge in [-0.25, -0.2) is 4.68 Å². The topological polar surface area (TPSA) is 60.0 Å². The van der Waals surface area contributed by atoms with E-state index in [1.54, 1.807) is 0 Å². The minimum absolute atomic E-state index is 0.0116. The van der Waals surface area contributed by atoms with E-state index in [9.17, 15) is 0 Å². The van der Waals surface area contributed by atoms with E-state index in [4.69, 9.17) is 5.73 Å². The van der Waals surface area contributed by atoms with Gasteiger partial charge in [-0.05, 0) is 54.7 Å². The van der Waals surface area contributed by atoms with Crippen molar-refractivity contribution < 1.29 is 0 Å². The average molecular weight is 328 g/mol. The lowest BCUT2D eigenvalue weighted by molar-refractivity contribution is 0.0889. The molecule has 1 aromatic rings. The Hall–Kier alpha value is -0.460. The highest BCUT2D eigenvalue weighted by atomic mass is 79.9. The second kappa shape index (κ2) is 5.14. The van der Waals surface area contributed by atoms with Crippen LogP contribution in [-0.2, 0) is 7.05 Å². The summed E-state index contributed by atoms with van der Waals surface area (Å²) in [7, 11) is 1.93. The van der Waals surface area contributed by atoms with Crippen molar-refractivity contribution in [2.24, 2.45) is 12.8 Å². The molecule has 1 saturated heterocycles. The van der Waals surface area contributed by atoms with Gasteiger partial charge in [-0.2, -0.15) is 0 Å². The molecule has 1 atom stereocenters. The maximum absolute atomic E-state index is 6.69. The highest BCUT2D eigenvalue weighted by molar-refractivity contribution is 9.10. The lowest BCUT2D eigenvalue weighted by Gasteiger charge is -2.43. The molecule has 0 aromatic carbocycles. The van der Waals surface area contributed by atoms with Gasteiger partial charge in [0.05, 0.1) is 11.7 Å². The third-order valence-electron chi connectivity index (χ3n) is 4.91. The zero-order chi connectivity index (χ0) is 13.5. The third-order valence-corrected chi connectivity index (χ3v) is 5.47. The van der Waals surface area contributed by atoms with Gasteiger partial charge < -0.3 is 5.73 Å². The van der Waals surface area contributed by atoms with Crippen LogP contribution in [0.1, 0.15) is 50.3 Å². The quantitative estimate of drug-likeness (QED) is 0.922. The van der Waals surface area contributed by atoms with Crippen molar-refractivity contribution in [1.82, 2.24) is 19.9 Å². The molecule has 0 spiro atoms. The zero-order valence-corrected chi connectivity index (χ0v) is 13.1. The summed E-state index contributed by atoms with van der Waals surface area (Å²) in [5, 5.41) is 8.19. The zero-order valence-electron chi connectivity index (χ0n) is 11.5. The maximum atomic E-state index is 6.69. The van der Waals surface area contributed by atoms with E-state index in [1.807, 2.05) is 11.7 Å². The summed E-state index contributed by atoms with van der Waals surface area (Å²) in [5.74, 6) is 0. The van der Waals surface area contributed by atoms with Gasteiger partial charge in [0.1, 0.15) is 0 Å². The van der Waals surface area contributed by atoms with E-state index in [0.717, 1.165) is 10.3 Å². The van der Waals surface area contributed by atoms with Crippen molar-refractivity contribution in [3.8, 4) is 0 Å². The summed E-state index contributed by atoms with van der Waals surface area (Å²) in [5.41, 5.74) is 7.84. The second-order valence-electron chi connectivity index (χ2n) is 5.87. The normalized spacial score (nSPS) is 25.0. The monoisotopic (exact) mass is 327 g/mol. The maximum Gasteiger partial charge on any atom is 0.153 e. The number of halogens is 1. The Balaban J connectivity index is 1.96. The molecule has 2 N–H and O–H groups in total. The predicted molar refractivity (Wildman–Crippen MR) is 77.6 cm³/mol. The molecule has 1 aromatic heterocycles. The van der Waals surface area contributed by atoms with E-state index >= 15 is 0 Å². The number of hydrogen-bond acceptors (Lipinski definition) is 4. The first-order valence-corrected chi connectivity index (χ1v) is 8.00. The van der Waals surface area contributed by atoms with Crippen LogP contribution in [0.25, 0.3) is 0 Å².